The SMILES string of the molecule is O=C(O)[C@H]1C[C@H]1C(=O)Nc1c(Cl)ccc2scnc12. The molecule has 1 aliphatic carbocycles. The van der Waals surface area contributed by atoms with Crippen LogP contribution >= 0.6 is 22.9 Å². The van der Waals surface area contributed by atoms with Crippen LogP contribution in [-0.2, 0) is 9.59 Å². The third-order valence-corrected chi connectivity index (χ3v) is 4.25. The van der Waals surface area contributed by atoms with Crippen LogP contribution in [0.1, 0.15) is 6.42 Å². The molecule has 0 spiro atoms. The van der Waals surface area contributed by atoms with Gasteiger partial charge in [-0.1, -0.05) is 11.6 Å². The second-order valence-electron chi connectivity index (χ2n) is 4.40. The minimum absolute atomic E-state index is 0.310. The van der Waals surface area contributed by atoms with E-state index in [1.807, 2.05) is 6.07 Å². The van der Waals surface area contributed by atoms with E-state index < -0.39 is 17.8 Å². The number of thiazole rings is 1. The quantitative estimate of drug-likeness (QED) is 0.912. The van der Waals surface area contributed by atoms with Gasteiger partial charge in [0.2, 0.25) is 5.91 Å². The summed E-state index contributed by atoms with van der Waals surface area (Å²) in [6.45, 7) is 0. The Morgan fingerprint density at radius 1 is 1.42 bits per heavy atom. The Morgan fingerprint density at radius 2 is 2.21 bits per heavy atom. The van der Waals surface area contributed by atoms with Gasteiger partial charge in [0.25, 0.3) is 0 Å². The molecule has 1 aromatic carbocycles. The average Bonchev–Trinajstić information content (AvgIpc) is 3.04. The molecule has 1 saturated carbocycles. The number of nitrogens with zero attached hydrogens (tertiary/aromatic N) is 1. The molecule has 19 heavy (non-hydrogen) atoms. The van der Waals surface area contributed by atoms with E-state index in [1.165, 1.54) is 11.3 Å². The van der Waals surface area contributed by atoms with Gasteiger partial charge in [0.15, 0.2) is 0 Å². The summed E-state index contributed by atoms with van der Waals surface area (Å²) >= 11 is 7.51. The summed E-state index contributed by atoms with van der Waals surface area (Å²) in [5, 5.41) is 11.9. The van der Waals surface area contributed by atoms with Gasteiger partial charge in [-0.15, -0.1) is 11.3 Å². The highest BCUT2D eigenvalue weighted by Crippen LogP contribution is 2.40. The molecule has 0 unspecified atom stereocenters. The predicted molar refractivity (Wildman–Crippen MR) is 72.5 cm³/mol. The summed E-state index contributed by atoms with van der Waals surface area (Å²) in [4.78, 5) is 26.9. The summed E-state index contributed by atoms with van der Waals surface area (Å²) in [7, 11) is 0. The van der Waals surface area contributed by atoms with Crippen LogP contribution in [0.25, 0.3) is 10.2 Å². The second-order valence-corrected chi connectivity index (χ2v) is 5.69. The number of anilines is 1. The molecule has 1 fully saturated rings. The molecule has 0 bridgehead atoms. The summed E-state index contributed by atoms with van der Waals surface area (Å²) < 4.78 is 0.922. The molecule has 1 aliphatic rings. The molecule has 3 rings (SSSR count). The molecule has 2 atom stereocenters. The van der Waals surface area contributed by atoms with Gasteiger partial charge in [-0.2, -0.15) is 0 Å². The van der Waals surface area contributed by atoms with E-state index in [1.54, 1.807) is 11.6 Å². The molecular formula is C12H9ClN2O3S. The molecule has 2 aromatic rings. The van der Waals surface area contributed by atoms with Crippen molar-refractivity contribution in [2.75, 3.05) is 5.32 Å². The third kappa shape index (κ3) is 2.17. The number of benzene rings is 1. The first kappa shape index (κ1) is 12.4. The molecule has 0 aliphatic heterocycles. The van der Waals surface area contributed by atoms with Crippen LogP contribution in [0.4, 0.5) is 5.69 Å². The van der Waals surface area contributed by atoms with Crippen LogP contribution in [0, 0.1) is 11.8 Å². The lowest BCUT2D eigenvalue weighted by atomic mass is 10.2. The fourth-order valence-corrected chi connectivity index (χ4v) is 2.88. The highest BCUT2D eigenvalue weighted by Gasteiger charge is 2.48. The highest BCUT2D eigenvalue weighted by molar-refractivity contribution is 7.16. The van der Waals surface area contributed by atoms with Crippen molar-refractivity contribution < 1.29 is 14.7 Å². The van der Waals surface area contributed by atoms with Crippen molar-refractivity contribution in [3.05, 3.63) is 22.7 Å². The van der Waals surface area contributed by atoms with Gasteiger partial charge in [-0.25, -0.2) is 4.98 Å². The van der Waals surface area contributed by atoms with Crippen molar-refractivity contribution in [3.8, 4) is 0 Å². The Bertz CT molecular complexity index is 685. The van der Waals surface area contributed by atoms with E-state index in [9.17, 15) is 9.59 Å². The highest BCUT2D eigenvalue weighted by atomic mass is 35.5. The van der Waals surface area contributed by atoms with E-state index in [2.05, 4.69) is 10.3 Å². The fourth-order valence-electron chi connectivity index (χ4n) is 2.00. The maximum Gasteiger partial charge on any atom is 0.307 e. The smallest absolute Gasteiger partial charge is 0.307 e. The van der Waals surface area contributed by atoms with Gasteiger partial charge in [0, 0.05) is 0 Å². The average molecular weight is 297 g/mol. The number of nitrogens with one attached hydrogen (secondary N) is 1. The van der Waals surface area contributed by atoms with Gasteiger partial charge in [-0.05, 0) is 18.6 Å². The maximum absolute atomic E-state index is 11.9. The largest absolute Gasteiger partial charge is 0.481 e. The van der Waals surface area contributed by atoms with Crippen molar-refractivity contribution in [3.63, 3.8) is 0 Å². The molecule has 1 heterocycles. The van der Waals surface area contributed by atoms with Gasteiger partial charge < -0.3 is 10.4 Å². The van der Waals surface area contributed by atoms with Crippen LogP contribution in [0.15, 0.2) is 17.6 Å². The Hall–Kier alpha value is -1.66. The van der Waals surface area contributed by atoms with E-state index in [0.717, 1.165) is 4.70 Å². The zero-order valence-corrected chi connectivity index (χ0v) is 11.2. The van der Waals surface area contributed by atoms with E-state index >= 15 is 0 Å². The lowest BCUT2D eigenvalue weighted by molar-refractivity contribution is -0.139. The van der Waals surface area contributed by atoms with Crippen molar-refractivity contribution in [2.45, 2.75) is 6.42 Å². The molecule has 5 nitrogen and oxygen atoms in total. The van der Waals surface area contributed by atoms with Crippen LogP contribution in [0.2, 0.25) is 5.02 Å². The molecule has 7 heteroatoms. The topological polar surface area (TPSA) is 79.3 Å². The van der Waals surface area contributed by atoms with Crippen molar-refractivity contribution >= 4 is 50.7 Å². The number of halogens is 1. The number of rotatable bonds is 3. The van der Waals surface area contributed by atoms with Crippen LogP contribution in [0.5, 0.6) is 0 Å². The standard InChI is InChI=1S/C12H9ClN2O3S/c13-7-1-2-8-10(14-4-19-8)9(7)15-11(16)5-3-6(5)12(17)18/h1-2,4-6H,3H2,(H,15,16)(H,17,18)/t5-,6+/m1/s1. The minimum atomic E-state index is -0.932. The minimum Gasteiger partial charge on any atom is -0.481 e. The first-order valence-corrected chi connectivity index (χ1v) is 6.89. The number of carbonyl (C=O) groups excluding carboxylic acids is 1. The Labute approximate surface area is 117 Å². The maximum atomic E-state index is 11.9. The van der Waals surface area contributed by atoms with Crippen LogP contribution < -0.4 is 5.32 Å². The van der Waals surface area contributed by atoms with E-state index in [4.69, 9.17) is 16.7 Å². The Kier molecular flexibility index (Phi) is 2.91. The zero-order chi connectivity index (χ0) is 13.6. The third-order valence-electron chi connectivity index (χ3n) is 3.14. The summed E-state index contributed by atoms with van der Waals surface area (Å²) in [5.74, 6) is -2.29. The summed E-state index contributed by atoms with van der Waals surface area (Å²) in [6.07, 6.45) is 0.381. The predicted octanol–water partition coefficient (Wildman–Crippen LogP) is 2.61. The molecule has 98 valence electrons. The molecule has 1 aromatic heterocycles. The number of hydrogen-bond acceptors (Lipinski definition) is 4. The Morgan fingerprint density at radius 3 is 2.89 bits per heavy atom. The molecule has 1 amide bonds. The number of amides is 1. The monoisotopic (exact) mass is 296 g/mol. The lowest BCUT2D eigenvalue weighted by Gasteiger charge is -2.07. The van der Waals surface area contributed by atoms with Crippen molar-refractivity contribution in [2.24, 2.45) is 11.8 Å². The number of aromatic nitrogens is 1. The normalized spacial score (nSPS) is 21.3. The van der Waals surface area contributed by atoms with E-state index in [0.29, 0.717) is 22.6 Å². The summed E-state index contributed by atoms with van der Waals surface area (Å²) in [5.41, 5.74) is 2.77. The van der Waals surface area contributed by atoms with Gasteiger partial charge in [-0.3, -0.25) is 9.59 Å². The number of hydrogen-bond donors (Lipinski definition) is 2. The number of carboxylic acid groups (broad SMARTS) is 1. The molecule has 0 radical (unpaired) electrons. The fraction of sp³-hybridized carbons (Fsp3) is 0.250. The first-order valence-electron chi connectivity index (χ1n) is 5.63. The number of carboxylic acids is 1. The molecular weight excluding hydrogens is 288 g/mol. The van der Waals surface area contributed by atoms with Crippen LogP contribution in [-0.4, -0.2) is 22.0 Å². The first-order chi connectivity index (χ1) is 9.08. The van der Waals surface area contributed by atoms with E-state index in [-0.39, 0.29) is 5.91 Å². The number of fused-ring (bicyclic) bond motifs is 1. The lowest BCUT2D eigenvalue weighted by Crippen LogP contribution is -2.17. The molecule has 2 N–H and O–H groups in total. The Balaban J connectivity index is 1.86. The van der Waals surface area contributed by atoms with Crippen molar-refractivity contribution in [1.29, 1.82) is 0 Å². The summed E-state index contributed by atoms with van der Waals surface area (Å²) in [6, 6.07) is 3.53. The number of carbonyl (C=O) groups is 2. The zero-order valence-electron chi connectivity index (χ0n) is 9.59. The van der Waals surface area contributed by atoms with Crippen LogP contribution in [0.3, 0.4) is 0 Å². The van der Waals surface area contributed by atoms with Gasteiger partial charge in [0.1, 0.15) is 5.52 Å². The second kappa shape index (κ2) is 4.47. The number of aliphatic carboxylic acids is 1. The van der Waals surface area contributed by atoms with Gasteiger partial charge in [0.05, 0.1) is 32.8 Å². The molecule has 0 saturated heterocycles. The van der Waals surface area contributed by atoms with Gasteiger partial charge >= 0.3 is 5.97 Å². The van der Waals surface area contributed by atoms with Crippen molar-refractivity contribution in [1.82, 2.24) is 4.98 Å².